The monoisotopic (exact) mass is 288 g/mol. The maximum Gasteiger partial charge on any atom is 0.123 e. The molecule has 4 nitrogen and oxygen atoms in total. The van der Waals surface area contributed by atoms with Crippen LogP contribution in [0.3, 0.4) is 0 Å². The molecule has 1 aromatic rings. The van der Waals surface area contributed by atoms with Crippen LogP contribution in [0, 0.1) is 11.3 Å². The molecule has 2 atom stereocenters. The second kappa shape index (κ2) is 6.82. The largest absolute Gasteiger partial charge is 0.494 e. The normalized spacial score (nSPS) is 24.8. The fraction of sp³-hybridized carbons (Fsp3) is 0.588. The lowest BCUT2D eigenvalue weighted by Crippen LogP contribution is -2.46. The van der Waals surface area contributed by atoms with E-state index in [0.717, 1.165) is 30.8 Å². The quantitative estimate of drug-likeness (QED) is 0.873. The Morgan fingerprint density at radius 1 is 1.43 bits per heavy atom. The van der Waals surface area contributed by atoms with Gasteiger partial charge in [-0.3, -0.25) is 5.32 Å². The van der Waals surface area contributed by atoms with E-state index in [4.69, 9.17) is 9.47 Å². The van der Waals surface area contributed by atoms with E-state index < -0.39 is 5.54 Å². The first kappa shape index (κ1) is 15.7. The smallest absolute Gasteiger partial charge is 0.123 e. The maximum absolute atomic E-state index is 9.48. The number of ether oxygens (including phenoxy) is 2. The van der Waals surface area contributed by atoms with E-state index in [2.05, 4.69) is 25.2 Å². The van der Waals surface area contributed by atoms with Crippen LogP contribution in [0.1, 0.15) is 40.0 Å². The van der Waals surface area contributed by atoms with Gasteiger partial charge in [0.1, 0.15) is 23.1 Å². The SMILES string of the molecule is CCOc1cccc(OC2CCC(C#N)(NC(C)C)C2)c1. The van der Waals surface area contributed by atoms with E-state index in [1.807, 2.05) is 31.2 Å². The molecule has 1 saturated carbocycles. The van der Waals surface area contributed by atoms with Gasteiger partial charge < -0.3 is 9.47 Å². The van der Waals surface area contributed by atoms with Gasteiger partial charge in [-0.1, -0.05) is 6.07 Å². The van der Waals surface area contributed by atoms with Crippen LogP contribution in [0.5, 0.6) is 11.5 Å². The average Bonchev–Trinajstić information content (AvgIpc) is 2.82. The molecule has 0 amide bonds. The molecular weight excluding hydrogens is 264 g/mol. The van der Waals surface area contributed by atoms with Crippen LogP contribution in [-0.4, -0.2) is 24.3 Å². The lowest BCUT2D eigenvalue weighted by Gasteiger charge is -2.25. The van der Waals surface area contributed by atoms with Crippen molar-refractivity contribution in [2.24, 2.45) is 0 Å². The van der Waals surface area contributed by atoms with E-state index in [9.17, 15) is 5.26 Å². The highest BCUT2D eigenvalue weighted by Crippen LogP contribution is 2.33. The van der Waals surface area contributed by atoms with Crippen molar-refractivity contribution >= 4 is 0 Å². The minimum Gasteiger partial charge on any atom is -0.494 e. The molecule has 0 bridgehead atoms. The van der Waals surface area contributed by atoms with E-state index in [-0.39, 0.29) is 6.10 Å². The van der Waals surface area contributed by atoms with E-state index in [1.54, 1.807) is 0 Å². The van der Waals surface area contributed by atoms with Crippen molar-refractivity contribution in [3.05, 3.63) is 24.3 Å². The number of hydrogen-bond acceptors (Lipinski definition) is 4. The first-order chi connectivity index (χ1) is 10.1. The van der Waals surface area contributed by atoms with E-state index in [1.165, 1.54) is 0 Å². The van der Waals surface area contributed by atoms with Gasteiger partial charge >= 0.3 is 0 Å². The summed E-state index contributed by atoms with van der Waals surface area (Å²) in [7, 11) is 0. The third kappa shape index (κ3) is 4.12. The molecule has 0 heterocycles. The number of benzene rings is 1. The number of hydrogen-bond donors (Lipinski definition) is 1. The van der Waals surface area contributed by atoms with Crippen LogP contribution in [0.2, 0.25) is 0 Å². The Hall–Kier alpha value is -1.73. The highest BCUT2D eigenvalue weighted by Gasteiger charge is 2.40. The van der Waals surface area contributed by atoms with Gasteiger partial charge in [0.2, 0.25) is 0 Å². The zero-order valence-corrected chi connectivity index (χ0v) is 13.1. The molecule has 0 aromatic heterocycles. The van der Waals surface area contributed by atoms with Crippen LogP contribution in [-0.2, 0) is 0 Å². The van der Waals surface area contributed by atoms with Crippen LogP contribution in [0.15, 0.2) is 24.3 Å². The second-order valence-corrected chi connectivity index (χ2v) is 5.88. The van der Waals surface area contributed by atoms with Crippen molar-refractivity contribution in [1.82, 2.24) is 5.32 Å². The summed E-state index contributed by atoms with van der Waals surface area (Å²) in [5.74, 6) is 1.63. The third-order valence-corrected chi connectivity index (χ3v) is 3.67. The third-order valence-electron chi connectivity index (χ3n) is 3.67. The molecule has 1 N–H and O–H groups in total. The van der Waals surface area contributed by atoms with Crippen LogP contribution in [0.25, 0.3) is 0 Å². The second-order valence-electron chi connectivity index (χ2n) is 5.88. The Balaban J connectivity index is 1.99. The number of nitriles is 1. The molecule has 1 aromatic carbocycles. The summed E-state index contributed by atoms with van der Waals surface area (Å²) in [6, 6.07) is 10.4. The minimum atomic E-state index is -0.448. The van der Waals surface area contributed by atoms with Crippen LogP contribution in [0.4, 0.5) is 0 Å². The fourth-order valence-corrected chi connectivity index (χ4v) is 2.91. The topological polar surface area (TPSA) is 54.3 Å². The highest BCUT2D eigenvalue weighted by molar-refractivity contribution is 5.33. The Labute approximate surface area is 127 Å². The molecule has 4 heteroatoms. The molecule has 2 unspecified atom stereocenters. The van der Waals surface area contributed by atoms with Crippen LogP contribution >= 0.6 is 0 Å². The molecule has 2 rings (SSSR count). The van der Waals surface area contributed by atoms with Crippen molar-refractivity contribution in [1.29, 1.82) is 5.26 Å². The van der Waals surface area contributed by atoms with Gasteiger partial charge in [-0.15, -0.1) is 0 Å². The number of nitrogens with one attached hydrogen (secondary N) is 1. The standard InChI is InChI=1S/C17H24N2O2/c1-4-20-14-6-5-7-15(10-14)21-16-8-9-17(11-16,12-18)19-13(2)3/h5-7,10,13,16,19H,4,8-9,11H2,1-3H3. The first-order valence-corrected chi connectivity index (χ1v) is 7.65. The summed E-state index contributed by atoms with van der Waals surface area (Å²) in [6.45, 7) is 6.74. The molecule has 0 aliphatic heterocycles. The van der Waals surface area contributed by atoms with Gasteiger partial charge in [-0.05, 0) is 45.7 Å². The van der Waals surface area contributed by atoms with Crippen molar-refractivity contribution < 1.29 is 9.47 Å². The number of nitrogens with zero attached hydrogens (tertiary/aromatic N) is 1. The Bertz CT molecular complexity index is 510. The molecule has 0 radical (unpaired) electrons. The Morgan fingerprint density at radius 2 is 2.19 bits per heavy atom. The van der Waals surface area contributed by atoms with Gasteiger partial charge in [-0.2, -0.15) is 5.26 Å². The van der Waals surface area contributed by atoms with Gasteiger partial charge in [0.25, 0.3) is 0 Å². The molecule has 1 fully saturated rings. The molecular formula is C17H24N2O2. The Kier molecular flexibility index (Phi) is 5.08. The molecule has 0 spiro atoms. The molecule has 114 valence electrons. The molecule has 1 aliphatic rings. The summed E-state index contributed by atoms with van der Waals surface area (Å²) < 4.78 is 11.5. The zero-order valence-electron chi connectivity index (χ0n) is 13.1. The first-order valence-electron chi connectivity index (χ1n) is 7.65. The predicted octanol–water partition coefficient (Wildman–Crippen LogP) is 3.28. The van der Waals surface area contributed by atoms with Crippen molar-refractivity contribution in [3.8, 4) is 17.6 Å². The predicted molar refractivity (Wildman–Crippen MR) is 82.5 cm³/mol. The average molecular weight is 288 g/mol. The summed E-state index contributed by atoms with van der Waals surface area (Å²) in [6.07, 6.45) is 2.53. The zero-order chi connectivity index (χ0) is 15.3. The summed E-state index contributed by atoms with van der Waals surface area (Å²) >= 11 is 0. The van der Waals surface area contributed by atoms with Gasteiger partial charge in [-0.25, -0.2) is 0 Å². The van der Waals surface area contributed by atoms with Crippen molar-refractivity contribution in [3.63, 3.8) is 0 Å². The van der Waals surface area contributed by atoms with E-state index >= 15 is 0 Å². The lowest BCUT2D eigenvalue weighted by molar-refractivity contribution is 0.198. The van der Waals surface area contributed by atoms with Gasteiger partial charge in [0.05, 0.1) is 12.7 Å². The van der Waals surface area contributed by atoms with Gasteiger partial charge in [0.15, 0.2) is 0 Å². The summed E-state index contributed by atoms with van der Waals surface area (Å²) in [5.41, 5.74) is -0.448. The Morgan fingerprint density at radius 3 is 2.86 bits per heavy atom. The van der Waals surface area contributed by atoms with E-state index in [0.29, 0.717) is 12.6 Å². The minimum absolute atomic E-state index is 0.0766. The molecule has 21 heavy (non-hydrogen) atoms. The summed E-state index contributed by atoms with van der Waals surface area (Å²) in [5, 5.41) is 12.9. The molecule has 0 saturated heterocycles. The number of rotatable bonds is 6. The molecule has 1 aliphatic carbocycles. The fourth-order valence-electron chi connectivity index (χ4n) is 2.91. The maximum atomic E-state index is 9.48. The summed E-state index contributed by atoms with van der Waals surface area (Å²) in [4.78, 5) is 0. The highest BCUT2D eigenvalue weighted by atomic mass is 16.5. The van der Waals surface area contributed by atoms with Gasteiger partial charge in [0, 0.05) is 18.5 Å². The van der Waals surface area contributed by atoms with Crippen molar-refractivity contribution in [2.75, 3.05) is 6.61 Å². The van der Waals surface area contributed by atoms with Crippen LogP contribution < -0.4 is 14.8 Å². The lowest BCUT2D eigenvalue weighted by atomic mass is 9.98. The van der Waals surface area contributed by atoms with Crippen molar-refractivity contribution in [2.45, 2.75) is 57.7 Å².